The van der Waals surface area contributed by atoms with Gasteiger partial charge in [0, 0.05) is 12.3 Å². The normalized spacial score (nSPS) is 29.7. The van der Waals surface area contributed by atoms with Gasteiger partial charge in [0.15, 0.2) is 6.23 Å². The summed E-state index contributed by atoms with van der Waals surface area (Å²) in [6.07, 6.45) is -4.83. The van der Waals surface area contributed by atoms with Crippen LogP contribution >= 0.6 is 7.82 Å². The van der Waals surface area contributed by atoms with E-state index >= 15 is 0 Å². The standard InChI is InChI=1S/C9H13N2O9P/c12-5-1-2-11(9(15)10-5)8-7(14)6(13)4(20-8)3-19-21(16,17)18/h1-2,4,6-8,13-14H,3H2,(H,10,12,15)(H2,16,17,18)/p-2. The van der Waals surface area contributed by atoms with Gasteiger partial charge < -0.3 is 33.8 Å². The summed E-state index contributed by atoms with van der Waals surface area (Å²) in [5, 5.41) is 19.5. The van der Waals surface area contributed by atoms with Gasteiger partial charge in [0.05, 0.1) is 14.4 Å². The molecule has 4 unspecified atom stereocenters. The Labute approximate surface area is 116 Å². The molecule has 0 saturated carbocycles. The van der Waals surface area contributed by atoms with Gasteiger partial charge in [-0.15, -0.1) is 0 Å². The molecule has 2 rings (SSSR count). The Morgan fingerprint density at radius 3 is 2.62 bits per heavy atom. The number of H-pyrrole nitrogens is 1. The highest BCUT2D eigenvalue weighted by Crippen LogP contribution is 2.32. The third-order valence-corrected chi connectivity index (χ3v) is 3.32. The molecular weight excluding hydrogens is 311 g/mol. The van der Waals surface area contributed by atoms with Crippen molar-refractivity contribution in [3.05, 3.63) is 33.1 Å². The summed E-state index contributed by atoms with van der Waals surface area (Å²) in [5.41, 5.74) is -1.55. The minimum absolute atomic E-state index is 0.664. The molecule has 1 aromatic rings. The van der Waals surface area contributed by atoms with E-state index in [4.69, 9.17) is 4.74 Å². The smallest absolute Gasteiger partial charge is 0.330 e. The van der Waals surface area contributed by atoms with E-state index in [1.807, 2.05) is 4.98 Å². The van der Waals surface area contributed by atoms with Crippen molar-refractivity contribution >= 4 is 7.82 Å². The maximum atomic E-state index is 11.6. The van der Waals surface area contributed by atoms with Gasteiger partial charge in [-0.1, -0.05) is 0 Å². The van der Waals surface area contributed by atoms with E-state index in [1.165, 1.54) is 0 Å². The van der Waals surface area contributed by atoms with E-state index in [0.717, 1.165) is 16.8 Å². The molecule has 0 amide bonds. The quantitative estimate of drug-likeness (QED) is 0.466. The number of nitrogens with zero attached hydrogens (tertiary/aromatic N) is 1. The second-order valence-corrected chi connectivity index (χ2v) is 5.46. The highest BCUT2D eigenvalue weighted by atomic mass is 31.2. The Hall–Kier alpha value is -1.33. The molecule has 1 aliphatic heterocycles. The fourth-order valence-corrected chi connectivity index (χ4v) is 2.22. The van der Waals surface area contributed by atoms with E-state index in [-0.39, 0.29) is 0 Å². The van der Waals surface area contributed by atoms with Gasteiger partial charge in [-0.05, 0) is 0 Å². The average Bonchev–Trinajstić information content (AvgIpc) is 2.64. The monoisotopic (exact) mass is 322 g/mol. The van der Waals surface area contributed by atoms with Crippen LogP contribution in [0.4, 0.5) is 0 Å². The van der Waals surface area contributed by atoms with Crippen LogP contribution in [0.2, 0.25) is 0 Å². The van der Waals surface area contributed by atoms with Gasteiger partial charge in [0.1, 0.15) is 18.3 Å². The van der Waals surface area contributed by atoms with Gasteiger partial charge in [-0.3, -0.25) is 14.3 Å². The molecule has 4 atom stereocenters. The number of phosphoric acid groups is 1. The number of ether oxygens (including phenoxy) is 1. The van der Waals surface area contributed by atoms with E-state index in [2.05, 4.69) is 4.52 Å². The number of rotatable bonds is 4. The van der Waals surface area contributed by atoms with Crippen molar-refractivity contribution in [1.29, 1.82) is 0 Å². The predicted octanol–water partition coefficient (Wildman–Crippen LogP) is -4.00. The maximum Gasteiger partial charge on any atom is 0.330 e. The zero-order valence-electron chi connectivity index (χ0n) is 10.3. The van der Waals surface area contributed by atoms with Crippen molar-refractivity contribution < 1.29 is 33.8 Å². The highest BCUT2D eigenvalue weighted by molar-refractivity contribution is 7.43. The molecule has 0 aliphatic carbocycles. The van der Waals surface area contributed by atoms with Crippen molar-refractivity contribution in [2.75, 3.05) is 6.61 Å². The second-order valence-electron chi connectivity index (χ2n) is 4.31. The first-order valence-corrected chi connectivity index (χ1v) is 7.15. The largest absolute Gasteiger partial charge is 0.790 e. The fraction of sp³-hybridized carbons (Fsp3) is 0.556. The second kappa shape index (κ2) is 5.81. The van der Waals surface area contributed by atoms with Crippen LogP contribution < -0.4 is 21.0 Å². The molecule has 3 N–H and O–H groups in total. The van der Waals surface area contributed by atoms with Crippen molar-refractivity contribution in [2.24, 2.45) is 0 Å². The van der Waals surface area contributed by atoms with E-state index < -0.39 is 50.2 Å². The van der Waals surface area contributed by atoms with Crippen LogP contribution in [-0.4, -0.2) is 44.7 Å². The maximum absolute atomic E-state index is 11.6. The third kappa shape index (κ3) is 3.66. The summed E-state index contributed by atoms with van der Waals surface area (Å²) in [6.45, 7) is -0.808. The Kier molecular flexibility index (Phi) is 4.44. The van der Waals surface area contributed by atoms with Crippen LogP contribution in [0.1, 0.15) is 6.23 Å². The van der Waals surface area contributed by atoms with Gasteiger partial charge in [-0.2, -0.15) is 0 Å². The molecule has 2 heterocycles. The summed E-state index contributed by atoms with van der Waals surface area (Å²) in [5.74, 6) is 0. The van der Waals surface area contributed by atoms with Gasteiger partial charge in [0.2, 0.25) is 0 Å². The van der Waals surface area contributed by atoms with Crippen LogP contribution in [0.3, 0.4) is 0 Å². The topological polar surface area (TPSA) is 177 Å². The van der Waals surface area contributed by atoms with E-state index in [9.17, 15) is 34.2 Å². The van der Waals surface area contributed by atoms with Gasteiger partial charge >= 0.3 is 5.69 Å². The lowest BCUT2D eigenvalue weighted by molar-refractivity contribution is -0.343. The first kappa shape index (κ1) is 16.0. The zero-order valence-corrected chi connectivity index (χ0v) is 11.2. The molecule has 0 radical (unpaired) electrons. The van der Waals surface area contributed by atoms with E-state index in [0.29, 0.717) is 0 Å². The fourth-order valence-electron chi connectivity index (χ4n) is 1.89. The SMILES string of the molecule is O=c1ccn(C2OC(COP(=O)([O-])[O-])C(O)C2O)c(=O)[nH]1. The Morgan fingerprint density at radius 1 is 1.38 bits per heavy atom. The number of aromatic nitrogens is 2. The highest BCUT2D eigenvalue weighted by Gasteiger charge is 2.44. The minimum Gasteiger partial charge on any atom is -0.790 e. The van der Waals surface area contributed by atoms with Crippen molar-refractivity contribution in [2.45, 2.75) is 24.5 Å². The van der Waals surface area contributed by atoms with Crippen molar-refractivity contribution in [3.63, 3.8) is 0 Å². The number of hydrogen-bond acceptors (Lipinski definition) is 9. The minimum atomic E-state index is -5.26. The summed E-state index contributed by atoms with van der Waals surface area (Å²) in [6, 6.07) is 0.997. The number of aliphatic hydroxyl groups is 2. The number of nitrogens with one attached hydrogen (secondary N) is 1. The molecular formula is C9H11N2O9P-2. The molecule has 118 valence electrons. The predicted molar refractivity (Wildman–Crippen MR) is 60.8 cm³/mol. The first-order chi connectivity index (χ1) is 9.69. The molecule has 1 aromatic heterocycles. The lowest BCUT2D eigenvalue weighted by Gasteiger charge is -2.30. The average molecular weight is 322 g/mol. The van der Waals surface area contributed by atoms with Crippen molar-refractivity contribution in [1.82, 2.24) is 9.55 Å². The molecule has 1 saturated heterocycles. The number of hydrogen-bond donors (Lipinski definition) is 3. The molecule has 0 aromatic carbocycles. The summed E-state index contributed by atoms with van der Waals surface area (Å²) < 4.78 is 20.3. The molecule has 1 fully saturated rings. The lowest BCUT2D eigenvalue weighted by atomic mass is 10.1. The molecule has 11 nitrogen and oxygen atoms in total. The molecule has 0 spiro atoms. The van der Waals surface area contributed by atoms with Crippen LogP contribution in [0.15, 0.2) is 21.9 Å². The summed E-state index contributed by atoms with van der Waals surface area (Å²) in [7, 11) is -5.26. The molecule has 21 heavy (non-hydrogen) atoms. The molecule has 12 heteroatoms. The lowest BCUT2D eigenvalue weighted by Crippen LogP contribution is -2.37. The Bertz CT molecular complexity index is 664. The third-order valence-electron chi connectivity index (χ3n) is 2.86. The van der Waals surface area contributed by atoms with Crippen molar-refractivity contribution in [3.8, 4) is 0 Å². The Morgan fingerprint density at radius 2 is 2.05 bits per heavy atom. The van der Waals surface area contributed by atoms with Crippen LogP contribution in [0.25, 0.3) is 0 Å². The number of phosphoric ester groups is 1. The van der Waals surface area contributed by atoms with Crippen LogP contribution in [-0.2, 0) is 13.8 Å². The summed E-state index contributed by atoms with van der Waals surface area (Å²) >= 11 is 0. The zero-order chi connectivity index (χ0) is 15.8. The first-order valence-electron chi connectivity index (χ1n) is 5.69. The Balaban J connectivity index is 2.18. The van der Waals surface area contributed by atoms with E-state index in [1.54, 1.807) is 0 Å². The molecule has 1 aliphatic rings. The number of aliphatic hydroxyl groups excluding tert-OH is 2. The van der Waals surface area contributed by atoms with Crippen LogP contribution in [0.5, 0.6) is 0 Å². The van der Waals surface area contributed by atoms with Crippen LogP contribution in [0, 0.1) is 0 Å². The summed E-state index contributed by atoms with van der Waals surface area (Å²) in [4.78, 5) is 45.2. The van der Waals surface area contributed by atoms with Gasteiger partial charge in [-0.25, -0.2) is 4.79 Å². The molecule has 0 bridgehead atoms. The van der Waals surface area contributed by atoms with Gasteiger partial charge in [0.25, 0.3) is 5.56 Å². The number of aromatic amines is 1.